The van der Waals surface area contributed by atoms with Crippen molar-refractivity contribution in [1.82, 2.24) is 9.97 Å². The van der Waals surface area contributed by atoms with E-state index in [-0.39, 0.29) is 0 Å². The molecule has 1 aromatic heterocycles. The predicted molar refractivity (Wildman–Crippen MR) is 37.1 cm³/mol. The number of H-pyrrole nitrogens is 1. The highest BCUT2D eigenvalue weighted by Crippen LogP contribution is 2.01. The molecule has 0 saturated carbocycles. The third kappa shape index (κ3) is 1.88. The normalized spacial score (nSPS) is 10.6. The van der Waals surface area contributed by atoms with Crippen molar-refractivity contribution in [1.29, 1.82) is 0 Å². The molecule has 0 aliphatic heterocycles. The van der Waals surface area contributed by atoms with E-state index in [0.29, 0.717) is 5.92 Å². The molecule has 1 aromatic rings. The van der Waals surface area contributed by atoms with E-state index in [1.54, 1.807) is 6.33 Å². The van der Waals surface area contributed by atoms with Crippen LogP contribution in [0.5, 0.6) is 0 Å². The summed E-state index contributed by atoms with van der Waals surface area (Å²) in [4.78, 5) is 6.98. The molecule has 0 aromatic carbocycles. The fraction of sp³-hybridized carbons (Fsp3) is 0.571. The average molecular weight is 124 g/mol. The first-order valence-electron chi connectivity index (χ1n) is 3.26. The van der Waals surface area contributed by atoms with Gasteiger partial charge in [0.15, 0.2) is 0 Å². The van der Waals surface area contributed by atoms with E-state index in [1.807, 2.05) is 6.20 Å². The maximum Gasteiger partial charge on any atom is 0.0921 e. The van der Waals surface area contributed by atoms with Crippen molar-refractivity contribution in [3.05, 3.63) is 18.2 Å². The summed E-state index contributed by atoms with van der Waals surface area (Å²) in [6.45, 7) is 4.39. The van der Waals surface area contributed by atoms with E-state index >= 15 is 0 Å². The summed E-state index contributed by atoms with van der Waals surface area (Å²) in [5.74, 6) is 0.713. The molecule has 0 atom stereocenters. The number of aromatic amines is 1. The van der Waals surface area contributed by atoms with Crippen LogP contribution >= 0.6 is 0 Å². The zero-order valence-electron chi connectivity index (χ0n) is 5.89. The van der Waals surface area contributed by atoms with Gasteiger partial charge in [-0.15, -0.1) is 0 Å². The van der Waals surface area contributed by atoms with Gasteiger partial charge in [0.2, 0.25) is 0 Å². The maximum atomic E-state index is 3.92. The molecule has 1 N–H and O–H groups in total. The molecule has 0 aliphatic carbocycles. The van der Waals surface area contributed by atoms with Crippen LogP contribution in [0.3, 0.4) is 0 Å². The van der Waals surface area contributed by atoms with Crippen LogP contribution in [0, 0.1) is 5.92 Å². The van der Waals surface area contributed by atoms with E-state index in [2.05, 4.69) is 23.8 Å². The topological polar surface area (TPSA) is 28.7 Å². The number of nitrogens with zero attached hydrogens (tertiary/aromatic N) is 1. The van der Waals surface area contributed by atoms with Gasteiger partial charge in [-0.2, -0.15) is 0 Å². The molecule has 0 amide bonds. The molecule has 0 saturated heterocycles. The first kappa shape index (κ1) is 6.33. The second-order valence-electron chi connectivity index (χ2n) is 2.67. The summed E-state index contributed by atoms with van der Waals surface area (Å²) in [6, 6.07) is 0. The van der Waals surface area contributed by atoms with Crippen LogP contribution in [0.2, 0.25) is 0 Å². The minimum absolute atomic E-state index is 0.713. The van der Waals surface area contributed by atoms with E-state index in [1.165, 1.54) is 5.69 Å². The third-order valence-corrected chi connectivity index (χ3v) is 1.18. The Morgan fingerprint density at radius 1 is 1.67 bits per heavy atom. The highest BCUT2D eigenvalue weighted by molar-refractivity contribution is 4.94. The van der Waals surface area contributed by atoms with Crippen molar-refractivity contribution in [2.24, 2.45) is 5.92 Å². The molecular formula is C7H12N2. The Bertz CT molecular complexity index is 153. The van der Waals surface area contributed by atoms with E-state index < -0.39 is 0 Å². The molecule has 0 radical (unpaired) electrons. The van der Waals surface area contributed by atoms with Crippen LogP contribution in [0.4, 0.5) is 0 Å². The summed E-state index contributed by atoms with van der Waals surface area (Å²) >= 11 is 0. The van der Waals surface area contributed by atoms with Crippen molar-refractivity contribution in [3.63, 3.8) is 0 Å². The Balaban J connectivity index is 2.48. The number of aromatic nitrogens is 2. The molecule has 0 fully saturated rings. The first-order valence-corrected chi connectivity index (χ1v) is 3.26. The lowest BCUT2D eigenvalue weighted by atomic mass is 10.1. The molecule has 1 rings (SSSR count). The summed E-state index contributed by atoms with van der Waals surface area (Å²) in [5, 5.41) is 0. The van der Waals surface area contributed by atoms with Crippen molar-refractivity contribution in [2.75, 3.05) is 0 Å². The van der Waals surface area contributed by atoms with Gasteiger partial charge in [0, 0.05) is 11.9 Å². The van der Waals surface area contributed by atoms with Crippen molar-refractivity contribution < 1.29 is 0 Å². The van der Waals surface area contributed by atoms with Crippen molar-refractivity contribution in [2.45, 2.75) is 20.3 Å². The summed E-state index contributed by atoms with van der Waals surface area (Å²) in [5.41, 5.74) is 1.23. The second-order valence-corrected chi connectivity index (χ2v) is 2.67. The number of rotatable bonds is 2. The maximum absolute atomic E-state index is 3.92. The van der Waals surface area contributed by atoms with Crippen LogP contribution in [-0.4, -0.2) is 9.97 Å². The molecule has 0 unspecified atom stereocenters. The van der Waals surface area contributed by atoms with E-state index in [9.17, 15) is 0 Å². The lowest BCUT2D eigenvalue weighted by Crippen LogP contribution is -1.92. The van der Waals surface area contributed by atoms with Gasteiger partial charge in [0.05, 0.1) is 6.33 Å². The molecule has 50 valence electrons. The van der Waals surface area contributed by atoms with Crippen LogP contribution in [-0.2, 0) is 6.42 Å². The Kier molecular flexibility index (Phi) is 1.88. The highest BCUT2D eigenvalue weighted by Gasteiger charge is 1.95. The smallest absolute Gasteiger partial charge is 0.0921 e. The Morgan fingerprint density at radius 3 is 2.89 bits per heavy atom. The molecule has 0 spiro atoms. The van der Waals surface area contributed by atoms with Gasteiger partial charge in [-0.25, -0.2) is 4.98 Å². The van der Waals surface area contributed by atoms with Gasteiger partial charge in [-0.3, -0.25) is 0 Å². The van der Waals surface area contributed by atoms with Gasteiger partial charge in [-0.1, -0.05) is 13.8 Å². The summed E-state index contributed by atoms with van der Waals surface area (Å²) in [7, 11) is 0. The number of hydrogen-bond donors (Lipinski definition) is 1. The largest absolute Gasteiger partial charge is 0.348 e. The molecule has 0 bridgehead atoms. The Labute approximate surface area is 55.3 Å². The molecule has 2 heteroatoms. The zero-order valence-corrected chi connectivity index (χ0v) is 5.89. The minimum atomic E-state index is 0.713. The third-order valence-electron chi connectivity index (χ3n) is 1.18. The fourth-order valence-corrected chi connectivity index (χ4v) is 0.836. The summed E-state index contributed by atoms with van der Waals surface area (Å²) in [6.07, 6.45) is 4.69. The molecule has 2 nitrogen and oxygen atoms in total. The Hall–Kier alpha value is -0.790. The number of nitrogens with one attached hydrogen (secondary N) is 1. The van der Waals surface area contributed by atoms with Crippen LogP contribution in [0.1, 0.15) is 19.5 Å². The van der Waals surface area contributed by atoms with Crippen molar-refractivity contribution in [3.8, 4) is 0 Å². The van der Waals surface area contributed by atoms with Crippen molar-refractivity contribution >= 4 is 0 Å². The second kappa shape index (κ2) is 2.67. The van der Waals surface area contributed by atoms with Gasteiger partial charge in [-0.05, 0) is 12.3 Å². The molecule has 9 heavy (non-hydrogen) atoms. The number of hydrogen-bond acceptors (Lipinski definition) is 1. The van der Waals surface area contributed by atoms with E-state index in [0.717, 1.165) is 6.42 Å². The Morgan fingerprint density at radius 2 is 2.44 bits per heavy atom. The van der Waals surface area contributed by atoms with E-state index in [4.69, 9.17) is 0 Å². The lowest BCUT2D eigenvalue weighted by molar-refractivity contribution is 0.637. The first-order chi connectivity index (χ1) is 4.29. The van der Waals surface area contributed by atoms with Gasteiger partial charge < -0.3 is 4.98 Å². The number of imidazole rings is 1. The van der Waals surface area contributed by atoms with Crippen LogP contribution < -0.4 is 0 Å². The molecule has 1 heterocycles. The monoisotopic (exact) mass is 124 g/mol. The fourth-order valence-electron chi connectivity index (χ4n) is 0.836. The van der Waals surface area contributed by atoms with Crippen LogP contribution in [0.15, 0.2) is 12.5 Å². The highest BCUT2D eigenvalue weighted by atomic mass is 14.9. The van der Waals surface area contributed by atoms with Gasteiger partial charge in [0.1, 0.15) is 0 Å². The molecule has 0 aliphatic rings. The van der Waals surface area contributed by atoms with Crippen LogP contribution in [0.25, 0.3) is 0 Å². The SMILES string of the molecule is CC(C)Cc1cnc[nH]1. The summed E-state index contributed by atoms with van der Waals surface area (Å²) < 4.78 is 0. The zero-order chi connectivity index (χ0) is 6.69. The van der Waals surface area contributed by atoms with Gasteiger partial charge >= 0.3 is 0 Å². The predicted octanol–water partition coefficient (Wildman–Crippen LogP) is 1.61. The standard InChI is InChI=1S/C7H12N2/c1-6(2)3-7-4-8-5-9-7/h4-6H,3H2,1-2H3,(H,8,9). The average Bonchev–Trinajstić information content (AvgIpc) is 2.15. The lowest BCUT2D eigenvalue weighted by Gasteiger charge is -1.98. The minimum Gasteiger partial charge on any atom is -0.348 e. The quantitative estimate of drug-likeness (QED) is 0.637. The van der Waals surface area contributed by atoms with Gasteiger partial charge in [0.25, 0.3) is 0 Å². The molecular weight excluding hydrogens is 112 g/mol.